The highest BCUT2D eigenvalue weighted by Gasteiger charge is 2.56. The molecule has 7 heterocycles. The Morgan fingerprint density at radius 3 is 1.58 bits per heavy atom. The summed E-state index contributed by atoms with van der Waals surface area (Å²) in [6.07, 6.45) is 10.9. The normalized spacial score (nSPS) is 19.5. The first-order valence-electron chi connectivity index (χ1n) is 40.7. The fourth-order valence-electron chi connectivity index (χ4n) is 14.3. The molecule has 42 heteroatoms. The average Bonchev–Trinajstić information content (AvgIpc) is 1.58. The predicted octanol–water partition coefficient (Wildman–Crippen LogP) is 11.2. The first-order chi connectivity index (χ1) is 59.5. The third kappa shape index (κ3) is 30.1. The summed E-state index contributed by atoms with van der Waals surface area (Å²) in [6, 6.07) is 23.7. The number of aliphatic imine (C=N–C) groups is 1. The van der Waals surface area contributed by atoms with Gasteiger partial charge in [-0.2, -0.15) is 8.42 Å². The van der Waals surface area contributed by atoms with Gasteiger partial charge in [0.2, 0.25) is 23.9 Å². The molecule has 1 aliphatic carbocycles. The number of nitrogens with zero attached hydrogens (tertiary/aromatic N) is 8. The maximum Gasteiger partial charge on any atom is 0.494 e. The van der Waals surface area contributed by atoms with Crippen LogP contribution in [0.2, 0.25) is 0 Å². The number of alkyl carbamates (subject to hydrolysis) is 3. The lowest BCUT2D eigenvalue weighted by atomic mass is 9.78. The second-order valence-electron chi connectivity index (χ2n) is 33.8. The van der Waals surface area contributed by atoms with Gasteiger partial charge in [-0.1, -0.05) is 114 Å². The molecule has 6 aromatic rings. The van der Waals surface area contributed by atoms with Crippen LogP contribution in [0.25, 0.3) is 48.6 Å². The molecule has 6 aliphatic rings. The highest BCUT2D eigenvalue weighted by Crippen LogP contribution is 2.56. The molecule has 6 amide bonds. The molecule has 12 rings (SSSR count). The third-order valence-corrected chi connectivity index (χ3v) is 25.0. The minimum absolute atomic E-state index is 0.0336. The number of allylic oxidation sites excluding steroid dienone is 1. The molecule has 4 saturated heterocycles. The Kier molecular flexibility index (Phi) is 37.1. The van der Waals surface area contributed by atoms with Crippen LogP contribution in [0.3, 0.4) is 0 Å². The lowest BCUT2D eigenvalue weighted by Gasteiger charge is -2.32. The van der Waals surface area contributed by atoms with Gasteiger partial charge < -0.3 is 89.6 Å². The minimum Gasteiger partial charge on any atom is -0.480 e. The molecule has 1 spiro atoms. The Bertz CT molecular complexity index is 5320. The number of fused-ring (bicyclic) bond motifs is 1. The van der Waals surface area contributed by atoms with Crippen LogP contribution >= 0.6 is 31.9 Å². The Hall–Kier alpha value is -10.5. The van der Waals surface area contributed by atoms with Gasteiger partial charge in [0.25, 0.3) is 0 Å². The highest BCUT2D eigenvalue weighted by molar-refractivity contribution is 9.10. The number of halogens is 2. The standard InChI is InChI=1S/C33H42BN3O5.C21H24BrN5O3.C19H21BrN4O2.C7H13NO6S.C5H11NO4S.O2S/c1-20(2)28(36-30(39)40-7)29(38)37-19-33(12-13-33)17-27(37)26-16-24(18-35-26)22-8-9-23-15-25(11-10-21(23)14-22)34-41-31(3,4)32(5,6)42-34;1-4-5-16(26-21(29)30-3)20(28)27-12-15(23-2)10-18(27)19-24-11-17(25-19)13-6-8-14(22)9-7-13;1-19(2,3)26-18(25)24-11-14(21-4)9-16(24)17-22-10-15(23-17)12-5-7-13(20)8-6-12;1-14-7(11)8-5(6(9)10)3-4-15(2,12)13;1-11(9,10)3-2-4(6)5(7)8;1-3-2/h8-11,14-15,18,20,27-28H,12-13,16-17,19H2,1-7H3,(H,36,39);6-9,11,15-16,18H,4-5,10,12H2,1,3H3,(H,24,25)(H,26,29);5-8,10,14,16H,9,11H2,1-3H3,(H,22,23);5H,3-4H2,1-2H3,(H,8,11)(H,9,10);4H,2-3,6H2,1H3,(H,7,8);/t27-,28-;15-,16-,18-;14-,16-;5-;4-;/m00000./s1. The number of aliphatic carboxylic acids is 2. The summed E-state index contributed by atoms with van der Waals surface area (Å²) < 4.78 is 92.8. The molecule has 1 saturated carbocycles. The minimum atomic E-state index is -3.25. The van der Waals surface area contributed by atoms with Crippen LogP contribution in [-0.2, 0) is 78.7 Å². The van der Waals surface area contributed by atoms with Crippen molar-refractivity contribution >= 4 is 146 Å². The van der Waals surface area contributed by atoms with Gasteiger partial charge in [0.05, 0.1) is 99.3 Å². The van der Waals surface area contributed by atoms with Crippen molar-refractivity contribution in [2.24, 2.45) is 22.1 Å². The summed E-state index contributed by atoms with van der Waals surface area (Å²) in [5.74, 6) is -1.98. The van der Waals surface area contributed by atoms with Crippen molar-refractivity contribution in [1.82, 2.24) is 50.6 Å². The Labute approximate surface area is 760 Å². The number of methoxy groups -OCH3 is 3. The van der Waals surface area contributed by atoms with Crippen molar-refractivity contribution in [2.45, 2.75) is 205 Å². The van der Waals surface area contributed by atoms with Crippen LogP contribution < -0.4 is 27.1 Å². The molecular formula is C85H111BBr2N14O22S3. The predicted molar refractivity (Wildman–Crippen MR) is 484 cm³/mol. The summed E-state index contributed by atoms with van der Waals surface area (Å²) in [5, 5.41) is 26.6. The number of amides is 6. The molecule has 0 radical (unpaired) electrons. The van der Waals surface area contributed by atoms with Crippen LogP contribution in [0.15, 0.2) is 117 Å². The van der Waals surface area contributed by atoms with E-state index in [-0.39, 0.29) is 88.9 Å². The maximum atomic E-state index is 13.8. The van der Waals surface area contributed by atoms with Crippen molar-refractivity contribution < 1.29 is 102 Å². The molecule has 5 fully saturated rings. The van der Waals surface area contributed by atoms with Crippen molar-refractivity contribution in [2.75, 3.05) is 65.0 Å². The van der Waals surface area contributed by atoms with Gasteiger partial charge in [0.1, 0.15) is 73.7 Å². The van der Waals surface area contributed by atoms with Crippen LogP contribution in [0, 0.1) is 24.5 Å². The number of likely N-dealkylation sites (tertiary alicyclic amines) is 3. The van der Waals surface area contributed by atoms with E-state index in [1.165, 1.54) is 14.2 Å². The number of carboxylic acid groups (broad SMARTS) is 2. The summed E-state index contributed by atoms with van der Waals surface area (Å²) in [5.41, 5.74) is 11.9. The Balaban J connectivity index is 0.000000231. The third-order valence-electron chi connectivity index (χ3n) is 22.0. The summed E-state index contributed by atoms with van der Waals surface area (Å²) in [4.78, 5) is 128. The molecule has 0 bridgehead atoms. The molecule has 36 nitrogen and oxygen atoms in total. The van der Waals surface area contributed by atoms with Gasteiger partial charge in [-0.3, -0.25) is 24.3 Å². The van der Waals surface area contributed by atoms with Crippen molar-refractivity contribution in [1.29, 1.82) is 0 Å². The molecule has 5 aliphatic heterocycles. The number of hydrogen-bond donors (Lipinski definition) is 8. The van der Waals surface area contributed by atoms with E-state index in [0.717, 1.165) is 116 Å². The molecule has 688 valence electrons. The Morgan fingerprint density at radius 2 is 1.13 bits per heavy atom. The Morgan fingerprint density at radius 1 is 0.661 bits per heavy atom. The molecule has 127 heavy (non-hydrogen) atoms. The second-order valence-corrected chi connectivity index (χ2v) is 40.3. The monoisotopic (exact) mass is 1940 g/mol. The molecule has 4 aromatic carbocycles. The second kappa shape index (κ2) is 45.5. The number of benzene rings is 4. The highest BCUT2D eigenvalue weighted by atomic mass is 79.9. The molecule has 0 unspecified atom stereocenters. The van der Waals surface area contributed by atoms with Gasteiger partial charge in [0.15, 0.2) is 0 Å². The fraction of sp³-hybridized carbons (Fsp3) is 0.518. The number of nitrogens with one attached hydrogen (secondary N) is 5. The summed E-state index contributed by atoms with van der Waals surface area (Å²) >= 11 is 6.10. The topological polar surface area (TPSA) is 485 Å². The number of carbonyl (C=O) groups excluding carboxylic acids is 6. The molecule has 9 N–H and O–H groups in total. The van der Waals surface area contributed by atoms with Gasteiger partial charge in [-0.25, -0.2) is 63.9 Å². The van der Waals surface area contributed by atoms with Crippen molar-refractivity contribution in [3.8, 4) is 22.5 Å². The van der Waals surface area contributed by atoms with E-state index in [4.69, 9.17) is 61.3 Å². The van der Waals surface area contributed by atoms with Crippen LogP contribution in [0.1, 0.15) is 163 Å². The number of rotatable bonds is 23. The first kappa shape index (κ1) is 104. The molecule has 2 aromatic heterocycles. The molecule has 9 atom stereocenters. The zero-order valence-electron chi connectivity index (χ0n) is 73.5. The van der Waals surface area contributed by atoms with Gasteiger partial charge in [-0.05, 0) is 167 Å². The van der Waals surface area contributed by atoms with E-state index in [0.29, 0.717) is 50.4 Å². The van der Waals surface area contributed by atoms with Crippen molar-refractivity contribution in [3.63, 3.8) is 0 Å². The van der Waals surface area contributed by atoms with E-state index in [2.05, 4.69) is 146 Å². The number of ether oxygens (including phenoxy) is 4. The number of imidazole rings is 2. The fourth-order valence-corrected chi connectivity index (χ4v) is 16.2. The number of aromatic amines is 2. The van der Waals surface area contributed by atoms with E-state index in [1.807, 2.05) is 106 Å². The van der Waals surface area contributed by atoms with E-state index in [9.17, 15) is 55.2 Å². The zero-order chi connectivity index (χ0) is 94.4. The van der Waals surface area contributed by atoms with Crippen LogP contribution in [-0.4, -0.2) is 255 Å². The van der Waals surface area contributed by atoms with Gasteiger partial charge in [0, 0.05) is 46.3 Å². The number of aromatic nitrogens is 4. The quantitative estimate of drug-likeness (QED) is 0.0168. The smallest absolute Gasteiger partial charge is 0.480 e. The first-order valence-corrected chi connectivity index (χ1v) is 47.0. The largest absolute Gasteiger partial charge is 0.494 e. The number of H-pyrrole nitrogens is 2. The van der Waals surface area contributed by atoms with E-state index < -0.39 is 104 Å². The number of nitrogens with two attached hydrogens (primary N) is 1. The number of sulfone groups is 2. The lowest BCUT2D eigenvalue weighted by Crippen LogP contribution is -2.53. The SMILES string of the molecule is COC(=O)N[C@@H](CCS(C)(=O)=O)C(=O)O.COC(=O)N[C@H](C(=O)N1CC2(CC2)C[C@H]1C1=NC=C(c2ccc3cc(B4OC(C)(C)C(C)(C)O4)ccc3c2)C1)C(C)C.CS(=O)(=O)CC[C@H](N)C(=O)O.O=S=O.[C-]#[N+][C@H]1C[C@@H](c2ncc(-c3ccc(Br)cc3)[nH]2)N(C(=O)OC(C)(C)C)C1.[C-]#[N+][C@H]1C[C@@H](c2ncc(-c3ccc(Br)cc3)[nH]2)N(C(=O)[C@H](CCC)NC(=O)OC)C1. The average molecular weight is 1950 g/mol. The summed E-state index contributed by atoms with van der Waals surface area (Å²) in [7, 11) is -3.06. The van der Waals surface area contributed by atoms with Crippen molar-refractivity contribution in [3.05, 3.63) is 153 Å². The van der Waals surface area contributed by atoms with Gasteiger partial charge in [-0.15, -0.1) is 0 Å². The van der Waals surface area contributed by atoms with Crippen LogP contribution in [0.5, 0.6) is 0 Å². The zero-order valence-corrected chi connectivity index (χ0v) is 79.1. The van der Waals surface area contributed by atoms with E-state index >= 15 is 0 Å². The van der Waals surface area contributed by atoms with Crippen LogP contribution in [0.4, 0.5) is 19.2 Å². The van der Waals surface area contributed by atoms with E-state index in [1.54, 1.807) is 22.2 Å². The van der Waals surface area contributed by atoms with Gasteiger partial charge >= 0.3 is 55.0 Å². The summed E-state index contributed by atoms with van der Waals surface area (Å²) in [6.45, 7) is 35.8. The number of carbonyl (C=O) groups is 8. The number of carboxylic acids is 2. The lowest BCUT2D eigenvalue weighted by molar-refractivity contribution is -0.140. The maximum absolute atomic E-state index is 13.8. The molecular weight excluding hydrogens is 1840 g/mol. The number of hydrogen-bond acceptors (Lipinski definition) is 24.